The minimum atomic E-state index is -0.400. The summed E-state index contributed by atoms with van der Waals surface area (Å²) in [5.41, 5.74) is 2.94. The predicted octanol–water partition coefficient (Wildman–Crippen LogP) is 3.77. The van der Waals surface area contributed by atoms with E-state index in [4.69, 9.17) is 4.52 Å². The van der Waals surface area contributed by atoms with Gasteiger partial charge in [-0.25, -0.2) is 4.39 Å². The Morgan fingerprint density at radius 3 is 2.79 bits per heavy atom. The van der Waals surface area contributed by atoms with E-state index in [2.05, 4.69) is 10.1 Å². The van der Waals surface area contributed by atoms with E-state index in [0.29, 0.717) is 23.9 Å². The Hall–Kier alpha value is -3.22. The van der Waals surface area contributed by atoms with Crippen LogP contribution in [0.5, 0.6) is 0 Å². The molecule has 0 N–H and O–H groups in total. The molecule has 1 fully saturated rings. The number of aromatic nitrogens is 2. The van der Waals surface area contributed by atoms with Crippen molar-refractivity contribution in [2.45, 2.75) is 19.3 Å². The second kappa shape index (κ2) is 7.07. The Morgan fingerprint density at radius 2 is 2.04 bits per heavy atom. The Balaban J connectivity index is 1.56. The van der Waals surface area contributed by atoms with Gasteiger partial charge in [0.15, 0.2) is 5.82 Å². The first-order valence-electron chi connectivity index (χ1n) is 9.10. The lowest BCUT2D eigenvalue weighted by Crippen LogP contribution is -2.25. The number of carbonyl (C=O) groups is 1. The summed E-state index contributed by atoms with van der Waals surface area (Å²) in [7, 11) is 3.92. The molecular weight excluding hydrogens is 359 g/mol. The van der Waals surface area contributed by atoms with Gasteiger partial charge in [-0.15, -0.1) is 0 Å². The van der Waals surface area contributed by atoms with Crippen molar-refractivity contribution >= 4 is 17.3 Å². The van der Waals surface area contributed by atoms with Gasteiger partial charge < -0.3 is 14.3 Å². The highest BCUT2D eigenvalue weighted by molar-refractivity contribution is 5.96. The first kappa shape index (κ1) is 18.2. The van der Waals surface area contributed by atoms with Gasteiger partial charge in [0.1, 0.15) is 5.82 Å². The molecule has 0 aliphatic carbocycles. The quantitative estimate of drug-likeness (QED) is 0.689. The highest BCUT2D eigenvalue weighted by Gasteiger charge is 2.35. The van der Waals surface area contributed by atoms with Crippen molar-refractivity contribution in [3.05, 3.63) is 59.7 Å². The number of carbonyl (C=O) groups excluding carboxylic acids is 1. The molecule has 0 spiro atoms. The van der Waals surface area contributed by atoms with Crippen molar-refractivity contribution in [2.75, 3.05) is 30.4 Å². The lowest BCUT2D eigenvalue weighted by atomic mass is 10.1. The molecule has 0 saturated carbocycles. The van der Waals surface area contributed by atoms with Gasteiger partial charge in [0.2, 0.25) is 5.91 Å². The molecule has 2 heterocycles. The van der Waals surface area contributed by atoms with Gasteiger partial charge in [-0.1, -0.05) is 17.3 Å². The van der Waals surface area contributed by atoms with E-state index in [9.17, 15) is 9.18 Å². The number of amides is 1. The van der Waals surface area contributed by atoms with E-state index >= 15 is 0 Å². The third kappa shape index (κ3) is 3.35. The molecule has 28 heavy (non-hydrogen) atoms. The van der Waals surface area contributed by atoms with Gasteiger partial charge in [0.05, 0.1) is 5.69 Å². The fraction of sp³-hybridized carbons (Fsp3) is 0.286. The summed E-state index contributed by atoms with van der Waals surface area (Å²) in [4.78, 5) is 20.4. The van der Waals surface area contributed by atoms with E-state index in [1.165, 1.54) is 11.0 Å². The number of nitrogens with zero attached hydrogens (tertiary/aromatic N) is 4. The van der Waals surface area contributed by atoms with Crippen LogP contribution < -0.4 is 9.80 Å². The van der Waals surface area contributed by atoms with Gasteiger partial charge in [-0.3, -0.25) is 4.79 Å². The van der Waals surface area contributed by atoms with Crippen molar-refractivity contribution in [1.29, 1.82) is 0 Å². The molecule has 0 radical (unpaired) electrons. The summed E-state index contributed by atoms with van der Waals surface area (Å²) in [6, 6.07) is 12.6. The minimum absolute atomic E-state index is 0.145. The van der Waals surface area contributed by atoms with Crippen LogP contribution in [0.25, 0.3) is 11.5 Å². The average molecular weight is 380 g/mol. The molecule has 144 valence electrons. The largest absolute Gasteiger partial charge is 0.378 e. The molecular formula is C21H21FN4O2. The molecule has 1 unspecified atom stereocenters. The SMILES string of the molecule is Cc1ccc(N2CC(c3noc(-c4cccc(N(C)C)c4)n3)CC2=O)c(F)c1. The van der Waals surface area contributed by atoms with Crippen LogP contribution in [-0.2, 0) is 4.79 Å². The number of aryl methyl sites for hydroxylation is 1. The monoisotopic (exact) mass is 380 g/mol. The smallest absolute Gasteiger partial charge is 0.258 e. The van der Waals surface area contributed by atoms with Crippen LogP contribution in [0.3, 0.4) is 0 Å². The van der Waals surface area contributed by atoms with E-state index in [-0.39, 0.29) is 18.2 Å². The summed E-state index contributed by atoms with van der Waals surface area (Å²) >= 11 is 0. The zero-order valence-corrected chi connectivity index (χ0v) is 16.0. The Kier molecular flexibility index (Phi) is 4.58. The van der Waals surface area contributed by atoms with Crippen molar-refractivity contribution < 1.29 is 13.7 Å². The molecule has 2 aromatic carbocycles. The van der Waals surface area contributed by atoms with E-state index < -0.39 is 5.82 Å². The van der Waals surface area contributed by atoms with E-state index in [0.717, 1.165) is 16.8 Å². The number of rotatable bonds is 4. The summed E-state index contributed by atoms with van der Waals surface area (Å²) in [6.07, 6.45) is 0.226. The van der Waals surface area contributed by atoms with Crippen molar-refractivity contribution in [2.24, 2.45) is 0 Å². The maximum absolute atomic E-state index is 14.3. The molecule has 1 amide bonds. The Morgan fingerprint density at radius 1 is 1.21 bits per heavy atom. The van der Waals surface area contributed by atoms with Crippen molar-refractivity contribution in [3.8, 4) is 11.5 Å². The highest BCUT2D eigenvalue weighted by Crippen LogP contribution is 2.33. The molecule has 3 aromatic rings. The normalized spacial score (nSPS) is 16.6. The number of hydrogen-bond acceptors (Lipinski definition) is 5. The van der Waals surface area contributed by atoms with Crippen LogP contribution in [0.4, 0.5) is 15.8 Å². The molecule has 0 bridgehead atoms. The van der Waals surface area contributed by atoms with Gasteiger partial charge in [0.25, 0.3) is 5.89 Å². The van der Waals surface area contributed by atoms with Gasteiger partial charge >= 0.3 is 0 Å². The molecule has 4 rings (SSSR count). The molecule has 1 aliphatic rings. The maximum Gasteiger partial charge on any atom is 0.258 e. The van der Waals surface area contributed by atoms with Crippen molar-refractivity contribution in [1.82, 2.24) is 10.1 Å². The van der Waals surface area contributed by atoms with Crippen LogP contribution in [0.15, 0.2) is 47.0 Å². The zero-order chi connectivity index (χ0) is 19.8. The van der Waals surface area contributed by atoms with E-state index in [1.54, 1.807) is 12.1 Å². The Labute approximate surface area is 162 Å². The molecule has 6 nitrogen and oxygen atoms in total. The second-order valence-corrected chi connectivity index (χ2v) is 7.26. The summed E-state index contributed by atoms with van der Waals surface area (Å²) in [5, 5.41) is 4.08. The lowest BCUT2D eigenvalue weighted by molar-refractivity contribution is -0.117. The Bertz CT molecular complexity index is 1030. The first-order valence-corrected chi connectivity index (χ1v) is 9.10. The van der Waals surface area contributed by atoms with E-state index in [1.807, 2.05) is 50.2 Å². The summed E-state index contributed by atoms with van der Waals surface area (Å²) in [5.74, 6) is 0.0967. The molecule has 1 aromatic heterocycles. The number of benzene rings is 2. The van der Waals surface area contributed by atoms with Crippen LogP contribution >= 0.6 is 0 Å². The fourth-order valence-electron chi connectivity index (χ4n) is 3.38. The summed E-state index contributed by atoms with van der Waals surface area (Å²) in [6.45, 7) is 2.14. The third-order valence-electron chi connectivity index (χ3n) is 4.94. The van der Waals surface area contributed by atoms with Crippen LogP contribution in [0.2, 0.25) is 0 Å². The number of anilines is 2. The average Bonchev–Trinajstić information content (AvgIpc) is 3.29. The van der Waals surface area contributed by atoms with Gasteiger partial charge in [-0.2, -0.15) is 4.98 Å². The topological polar surface area (TPSA) is 62.5 Å². The second-order valence-electron chi connectivity index (χ2n) is 7.26. The van der Waals surface area contributed by atoms with Crippen LogP contribution in [-0.4, -0.2) is 36.7 Å². The van der Waals surface area contributed by atoms with Crippen LogP contribution in [0, 0.1) is 12.7 Å². The van der Waals surface area contributed by atoms with Gasteiger partial charge in [0, 0.05) is 44.2 Å². The molecule has 1 saturated heterocycles. The minimum Gasteiger partial charge on any atom is -0.378 e. The van der Waals surface area contributed by atoms with Crippen molar-refractivity contribution in [3.63, 3.8) is 0 Å². The molecule has 7 heteroatoms. The highest BCUT2D eigenvalue weighted by atomic mass is 19.1. The predicted molar refractivity (Wildman–Crippen MR) is 105 cm³/mol. The summed E-state index contributed by atoms with van der Waals surface area (Å²) < 4.78 is 19.7. The maximum atomic E-state index is 14.3. The fourth-order valence-corrected chi connectivity index (χ4v) is 3.38. The van der Waals surface area contributed by atoms with Crippen LogP contribution in [0.1, 0.15) is 23.7 Å². The molecule has 1 aliphatic heterocycles. The standard InChI is InChI=1S/C21H21FN4O2/c1-13-7-8-18(17(22)9-13)26-12-15(11-19(26)27)20-23-21(28-24-20)14-5-4-6-16(10-14)25(2)3/h4-10,15H,11-12H2,1-3H3. The lowest BCUT2D eigenvalue weighted by Gasteiger charge is -2.17. The number of halogens is 1. The number of hydrogen-bond donors (Lipinski definition) is 0. The van der Waals surface area contributed by atoms with Gasteiger partial charge in [-0.05, 0) is 42.8 Å². The third-order valence-corrected chi connectivity index (χ3v) is 4.94. The first-order chi connectivity index (χ1) is 13.4. The molecule has 1 atom stereocenters. The zero-order valence-electron chi connectivity index (χ0n) is 16.0.